The molecule has 8 heteroatoms. The average molecular weight is 484 g/mol. The van der Waals surface area contributed by atoms with Crippen LogP contribution >= 0.6 is 34.8 Å². The molecule has 0 bridgehead atoms. The van der Waals surface area contributed by atoms with Crippen LogP contribution in [0.2, 0.25) is 15.1 Å². The zero-order valence-corrected chi connectivity index (χ0v) is 16.7. The van der Waals surface area contributed by atoms with Crippen LogP contribution in [0.15, 0.2) is 42.3 Å². The summed E-state index contributed by atoms with van der Waals surface area (Å²) in [4.78, 5) is 14.0. The van der Waals surface area contributed by atoms with Crippen LogP contribution in [0.3, 0.4) is 0 Å². The molecule has 1 saturated heterocycles. The summed E-state index contributed by atoms with van der Waals surface area (Å²) in [6, 6.07) is -6.50. The summed E-state index contributed by atoms with van der Waals surface area (Å²) in [5, 5.41) is 1.17. The molecule has 30 heavy (non-hydrogen) atoms. The van der Waals surface area contributed by atoms with Gasteiger partial charge in [0.05, 0.1) is 26.0 Å². The normalized spacial score (nSPS) is 33.2. The summed E-state index contributed by atoms with van der Waals surface area (Å²) >= 11 is 18.2. The van der Waals surface area contributed by atoms with Crippen LogP contribution in [-0.2, 0) is 0 Å². The van der Waals surface area contributed by atoms with Crippen LogP contribution in [0, 0.1) is 6.85 Å². The number of nitrogens with zero attached hydrogens (tertiary/aromatic N) is 3. The quantitative estimate of drug-likeness (QED) is 0.499. The van der Waals surface area contributed by atoms with Gasteiger partial charge in [-0.05, 0) is 49.8 Å². The Balaban J connectivity index is 2.18. The van der Waals surface area contributed by atoms with E-state index < -0.39 is 135 Å². The van der Waals surface area contributed by atoms with E-state index in [9.17, 15) is 4.79 Å². The van der Waals surface area contributed by atoms with Gasteiger partial charge in [0.15, 0.2) is 5.69 Å². The number of aromatic nitrogens is 2. The number of benzene rings is 2. The van der Waals surface area contributed by atoms with Gasteiger partial charge in [0.25, 0.3) is 5.91 Å². The molecule has 2 aromatic carbocycles. The highest BCUT2D eigenvalue weighted by atomic mass is 35.5. The fourth-order valence-corrected chi connectivity index (χ4v) is 2.83. The molecule has 1 aliphatic heterocycles. The first kappa shape index (κ1) is 7.82. The minimum absolute atomic E-state index is 0.322. The van der Waals surface area contributed by atoms with E-state index in [0.29, 0.717) is 4.68 Å². The van der Waals surface area contributed by atoms with Gasteiger partial charge in [-0.1, -0.05) is 53.3 Å². The lowest BCUT2D eigenvalue weighted by Crippen LogP contribution is -2.45. The number of carbonyl (C=O) groups is 1. The lowest BCUT2D eigenvalue weighted by atomic mass is 10.1. The van der Waals surface area contributed by atoms with Crippen molar-refractivity contribution in [3.05, 3.63) is 68.6 Å². The summed E-state index contributed by atoms with van der Waals surface area (Å²) in [6.45, 7) is -11.4. The second kappa shape index (κ2) is 8.98. The largest absolute Gasteiger partial charge is 0.286 e. The third-order valence-electron chi connectivity index (χ3n) is 3.54. The van der Waals surface area contributed by atoms with Gasteiger partial charge in [-0.25, -0.2) is 9.69 Å². The maximum atomic E-state index is 14.0. The van der Waals surface area contributed by atoms with Gasteiger partial charge in [-0.2, -0.15) is 5.10 Å². The Morgan fingerprint density at radius 1 is 1.10 bits per heavy atom. The monoisotopic (exact) mass is 482 g/mol. The molecule has 0 atom stereocenters. The van der Waals surface area contributed by atoms with E-state index in [1.165, 1.54) is 0 Å². The molecule has 0 aliphatic carbocycles. The van der Waals surface area contributed by atoms with Crippen LogP contribution in [0.1, 0.15) is 62.6 Å². The van der Waals surface area contributed by atoms with Crippen molar-refractivity contribution < 1.29 is 32.2 Å². The van der Waals surface area contributed by atoms with Gasteiger partial charge in [0, 0.05) is 52.0 Å². The predicted molar refractivity (Wildman–Crippen MR) is 122 cm³/mol. The molecule has 5 nitrogen and oxygen atoms in total. The topological polar surface area (TPSA) is 50.2 Å². The molecule has 1 N–H and O–H groups in total. The SMILES string of the molecule is [2H]c1c([2H])c(-c2c(C([2H])([2H])[2H])c(C(=O)NN3C([2H])([2H])C([2H])([2H])C([2H])([2H])C([2H])([2H])C3([2H])[2H])nn2-c2c([2H])c([2H])c(Cl)c([2H])c2Cl)c([2H])c([2H])c1Cl. The first-order chi connectivity index (χ1) is 22.3. The Morgan fingerprint density at radius 2 is 1.80 bits per heavy atom. The molecule has 1 amide bonds. The Morgan fingerprint density at radius 3 is 2.50 bits per heavy atom. The molecule has 3 aromatic rings. The van der Waals surface area contributed by atoms with Gasteiger partial charge < -0.3 is 0 Å². The molecule has 0 radical (unpaired) electrons. The second-order valence-corrected chi connectivity index (χ2v) is 6.53. The van der Waals surface area contributed by atoms with Crippen molar-refractivity contribution in [2.24, 2.45) is 0 Å². The molecule has 0 unspecified atom stereocenters. The number of hydrazine groups is 1. The molecule has 1 aliphatic rings. The van der Waals surface area contributed by atoms with Crippen molar-refractivity contribution in [2.75, 3.05) is 13.0 Å². The molecule has 1 fully saturated rings. The van der Waals surface area contributed by atoms with E-state index in [1.807, 2.05) is 0 Å². The van der Waals surface area contributed by atoms with Crippen LogP contribution in [0.25, 0.3) is 16.9 Å². The van der Waals surface area contributed by atoms with E-state index in [-0.39, 0.29) is 0 Å². The van der Waals surface area contributed by atoms with Crippen molar-refractivity contribution in [3.8, 4) is 16.9 Å². The Bertz CT molecular complexity index is 1870. The van der Waals surface area contributed by atoms with Crippen molar-refractivity contribution in [1.82, 2.24) is 20.2 Å². The second-order valence-electron chi connectivity index (χ2n) is 5.40. The van der Waals surface area contributed by atoms with Gasteiger partial charge in [0.1, 0.15) is 0 Å². The summed E-state index contributed by atoms with van der Waals surface area (Å²) in [5.41, 5.74) is -3.88. The minimum Gasteiger partial charge on any atom is -0.283 e. The molecule has 0 spiro atoms. The first-order valence-electron chi connectivity index (χ1n) is 17.8. The van der Waals surface area contributed by atoms with E-state index in [0.717, 1.165) is 0 Å². The summed E-state index contributed by atoms with van der Waals surface area (Å²) in [6.07, 6.45) is -11.7. The maximum absolute atomic E-state index is 14.0. The number of hydrogen-bond donors (Lipinski definition) is 1. The number of carbonyl (C=O) groups excluding carboxylic acids is 1. The highest BCUT2D eigenvalue weighted by molar-refractivity contribution is 6.35. The molecular weight excluding hydrogens is 443 g/mol. The lowest BCUT2D eigenvalue weighted by Gasteiger charge is -2.26. The van der Waals surface area contributed by atoms with Gasteiger partial charge in [-0.3, -0.25) is 10.2 Å². The molecule has 4 rings (SSSR count). The fraction of sp³-hybridized carbons (Fsp3) is 0.273. The highest BCUT2D eigenvalue weighted by Gasteiger charge is 2.24. The zero-order chi connectivity index (χ0) is 38.8. The molecule has 1 aromatic heterocycles. The molecular formula is C22H21Cl3N4O. The number of nitrogens with one attached hydrogen (secondary N) is 1. The maximum Gasteiger partial charge on any atom is 0.286 e. The van der Waals surface area contributed by atoms with E-state index in [1.54, 1.807) is 5.43 Å². The smallest absolute Gasteiger partial charge is 0.283 e. The Labute approximate surface area is 218 Å². The van der Waals surface area contributed by atoms with Gasteiger partial charge in [0.2, 0.25) is 0 Å². The van der Waals surface area contributed by atoms with E-state index in [2.05, 4.69) is 5.10 Å². The number of rotatable bonds is 4. The lowest BCUT2D eigenvalue weighted by molar-refractivity contribution is 0.0743. The van der Waals surface area contributed by atoms with Crippen molar-refractivity contribution in [2.45, 2.75) is 26.0 Å². The standard InChI is InChI=1S/C22H21Cl3N4O/c1-14-20(22(30)27-28-11-3-2-4-12-28)26-29(19-10-9-17(24)13-18(19)25)21(14)15-5-7-16(23)8-6-15/h5-10,13H,2-4,11-12H2,1H3,(H,27,30)/i1D3,2D2,3D2,4D2,5D,6D,7D,8D,9D,10D,11D2,12D2,13D. The summed E-state index contributed by atoms with van der Waals surface area (Å²) in [5.74, 6) is -1.92. The van der Waals surface area contributed by atoms with Gasteiger partial charge >= 0.3 is 0 Å². The Hall–Kier alpha value is -2.05. The number of halogens is 3. The predicted octanol–water partition coefficient (Wildman–Crippen LogP) is 5.94. The Kier molecular flexibility index (Phi) is 2.34. The van der Waals surface area contributed by atoms with Crippen LogP contribution < -0.4 is 5.43 Å². The average Bonchev–Trinajstić information content (AvgIpc) is 3.39. The third-order valence-corrected chi connectivity index (χ3v) is 4.19. The summed E-state index contributed by atoms with van der Waals surface area (Å²) < 4.78 is 165. The van der Waals surface area contributed by atoms with Crippen molar-refractivity contribution in [3.63, 3.8) is 0 Å². The summed E-state index contributed by atoms with van der Waals surface area (Å²) in [7, 11) is 0. The number of amides is 1. The third kappa shape index (κ3) is 4.35. The first-order valence-corrected chi connectivity index (χ1v) is 8.95. The van der Waals surface area contributed by atoms with Crippen molar-refractivity contribution >= 4 is 40.7 Å². The highest BCUT2D eigenvalue weighted by Crippen LogP contribution is 2.33. The van der Waals surface area contributed by atoms with E-state index >= 15 is 0 Å². The van der Waals surface area contributed by atoms with Gasteiger partial charge in [-0.15, -0.1) is 0 Å². The van der Waals surface area contributed by atoms with E-state index in [4.69, 9.17) is 62.2 Å². The number of piperidine rings is 1. The zero-order valence-electron chi connectivity index (χ0n) is 34.4. The molecule has 0 saturated carbocycles. The van der Waals surface area contributed by atoms with Crippen LogP contribution in [0.4, 0.5) is 0 Å². The van der Waals surface area contributed by atoms with Crippen molar-refractivity contribution in [1.29, 1.82) is 0 Å². The molecule has 2 heterocycles. The fourth-order valence-electron chi connectivity index (χ4n) is 2.32. The minimum atomic E-state index is -3.92. The van der Waals surface area contributed by atoms with Crippen LogP contribution in [-0.4, -0.2) is 33.7 Å². The van der Waals surface area contributed by atoms with Crippen LogP contribution in [0.5, 0.6) is 0 Å². The molecule has 156 valence electrons. The number of hydrogen-bond acceptors (Lipinski definition) is 3.